The summed E-state index contributed by atoms with van der Waals surface area (Å²) in [6, 6.07) is 9.40. The zero-order valence-electron chi connectivity index (χ0n) is 15.3. The molecule has 2 aromatic rings. The summed E-state index contributed by atoms with van der Waals surface area (Å²) in [5.41, 5.74) is 1.60. The van der Waals surface area contributed by atoms with Gasteiger partial charge in [0.25, 0.3) is 0 Å². The van der Waals surface area contributed by atoms with Crippen molar-refractivity contribution in [3.63, 3.8) is 0 Å². The van der Waals surface area contributed by atoms with Crippen LogP contribution in [0.4, 0.5) is 16.2 Å². The fourth-order valence-corrected chi connectivity index (χ4v) is 3.19. The maximum atomic E-state index is 12.5. The number of urea groups is 1. The molecule has 1 aromatic carbocycles. The minimum atomic E-state index is -0.141. The molecule has 7 nitrogen and oxygen atoms in total. The maximum Gasteiger partial charge on any atom is 0.321 e. The van der Waals surface area contributed by atoms with Crippen LogP contribution in [0.3, 0.4) is 0 Å². The van der Waals surface area contributed by atoms with Crippen molar-refractivity contribution in [1.29, 1.82) is 0 Å². The Bertz CT molecular complexity index is 742. The standard InChI is InChI=1S/C19H25N5O2/c1-3-22(13-14-23-12-4-11-20-23)19(26)21-16-6-8-17(9-7-16)24-15(2)5-10-18(24)25/h4,6-9,11-12,15H,3,5,10,13-14H2,1-2H3,(H,21,26)/t15-/m1/s1. The van der Waals surface area contributed by atoms with Crippen LogP contribution in [0.5, 0.6) is 0 Å². The number of hydrogen-bond acceptors (Lipinski definition) is 3. The van der Waals surface area contributed by atoms with Crippen molar-refractivity contribution >= 4 is 23.3 Å². The molecule has 1 atom stereocenters. The van der Waals surface area contributed by atoms with Crippen LogP contribution in [0.25, 0.3) is 0 Å². The Kier molecular flexibility index (Phi) is 5.55. The van der Waals surface area contributed by atoms with Crippen molar-refractivity contribution in [2.75, 3.05) is 23.3 Å². The SMILES string of the molecule is CCN(CCn1cccn1)C(=O)Nc1ccc(N2C(=O)CC[C@H]2C)cc1. The smallest absolute Gasteiger partial charge is 0.321 e. The molecule has 0 aliphatic carbocycles. The van der Waals surface area contributed by atoms with Gasteiger partial charge in [0.05, 0.1) is 6.54 Å². The first-order valence-corrected chi connectivity index (χ1v) is 9.04. The predicted octanol–water partition coefficient (Wildman–Crippen LogP) is 2.95. The Balaban J connectivity index is 1.58. The van der Waals surface area contributed by atoms with E-state index < -0.39 is 0 Å². The van der Waals surface area contributed by atoms with Gasteiger partial charge in [-0.15, -0.1) is 0 Å². The number of carbonyl (C=O) groups excluding carboxylic acids is 2. The lowest BCUT2D eigenvalue weighted by Gasteiger charge is -2.23. The van der Waals surface area contributed by atoms with E-state index in [4.69, 9.17) is 0 Å². The van der Waals surface area contributed by atoms with Gasteiger partial charge >= 0.3 is 6.03 Å². The molecule has 1 aromatic heterocycles. The van der Waals surface area contributed by atoms with Gasteiger partial charge < -0.3 is 15.1 Å². The van der Waals surface area contributed by atoms with Crippen LogP contribution < -0.4 is 10.2 Å². The molecule has 1 fully saturated rings. The van der Waals surface area contributed by atoms with Crippen molar-refractivity contribution in [2.24, 2.45) is 0 Å². The van der Waals surface area contributed by atoms with Gasteiger partial charge in [0.1, 0.15) is 0 Å². The first-order valence-electron chi connectivity index (χ1n) is 9.04. The quantitative estimate of drug-likeness (QED) is 0.866. The minimum absolute atomic E-state index is 0.141. The van der Waals surface area contributed by atoms with Gasteiger partial charge in [-0.1, -0.05) is 0 Å². The van der Waals surface area contributed by atoms with Crippen molar-refractivity contribution < 1.29 is 9.59 Å². The average Bonchev–Trinajstić information content (AvgIpc) is 3.26. The fourth-order valence-electron chi connectivity index (χ4n) is 3.19. The van der Waals surface area contributed by atoms with E-state index >= 15 is 0 Å². The summed E-state index contributed by atoms with van der Waals surface area (Å²) >= 11 is 0. The van der Waals surface area contributed by atoms with Crippen LogP contribution in [0, 0.1) is 0 Å². The first-order chi connectivity index (χ1) is 12.6. The Labute approximate surface area is 153 Å². The number of aromatic nitrogens is 2. The third-order valence-electron chi connectivity index (χ3n) is 4.71. The van der Waals surface area contributed by atoms with Gasteiger partial charge in [-0.05, 0) is 50.6 Å². The Morgan fingerprint density at radius 1 is 1.35 bits per heavy atom. The molecule has 2 heterocycles. The zero-order chi connectivity index (χ0) is 18.5. The van der Waals surface area contributed by atoms with Crippen molar-refractivity contribution in [1.82, 2.24) is 14.7 Å². The fraction of sp³-hybridized carbons (Fsp3) is 0.421. The number of nitrogens with zero attached hydrogens (tertiary/aromatic N) is 4. The second kappa shape index (κ2) is 8.03. The van der Waals surface area contributed by atoms with Crippen LogP contribution in [-0.2, 0) is 11.3 Å². The molecule has 1 aliphatic heterocycles. The van der Waals surface area contributed by atoms with Crippen LogP contribution >= 0.6 is 0 Å². The van der Waals surface area contributed by atoms with Gasteiger partial charge in [-0.3, -0.25) is 9.48 Å². The molecule has 7 heteroatoms. The molecule has 3 amide bonds. The van der Waals surface area contributed by atoms with E-state index in [0.717, 1.165) is 17.8 Å². The van der Waals surface area contributed by atoms with Crippen LogP contribution in [0.1, 0.15) is 26.7 Å². The van der Waals surface area contributed by atoms with Gasteiger partial charge in [0.2, 0.25) is 5.91 Å². The van der Waals surface area contributed by atoms with Crippen molar-refractivity contribution in [3.05, 3.63) is 42.7 Å². The second-order valence-electron chi connectivity index (χ2n) is 6.48. The third-order valence-corrected chi connectivity index (χ3v) is 4.71. The molecule has 0 unspecified atom stereocenters. The van der Waals surface area contributed by atoms with Gasteiger partial charge in [-0.25, -0.2) is 4.79 Å². The van der Waals surface area contributed by atoms with Crippen molar-refractivity contribution in [3.8, 4) is 0 Å². The normalized spacial score (nSPS) is 16.8. The number of benzene rings is 1. The molecule has 1 saturated heterocycles. The van der Waals surface area contributed by atoms with E-state index in [1.54, 1.807) is 15.8 Å². The van der Waals surface area contributed by atoms with Crippen LogP contribution in [0.15, 0.2) is 42.7 Å². The monoisotopic (exact) mass is 355 g/mol. The highest BCUT2D eigenvalue weighted by Gasteiger charge is 2.28. The highest BCUT2D eigenvalue weighted by molar-refractivity contribution is 5.96. The highest BCUT2D eigenvalue weighted by atomic mass is 16.2. The largest absolute Gasteiger partial charge is 0.323 e. The molecule has 1 N–H and O–H groups in total. The summed E-state index contributed by atoms with van der Waals surface area (Å²) in [4.78, 5) is 28.0. The lowest BCUT2D eigenvalue weighted by atomic mass is 10.2. The predicted molar refractivity (Wildman–Crippen MR) is 101 cm³/mol. The number of anilines is 2. The molecular formula is C19H25N5O2. The molecule has 3 rings (SSSR count). The molecule has 0 saturated carbocycles. The number of nitrogens with one attached hydrogen (secondary N) is 1. The zero-order valence-corrected chi connectivity index (χ0v) is 15.3. The Hall–Kier alpha value is -2.83. The van der Waals surface area contributed by atoms with Gasteiger partial charge in [0, 0.05) is 49.3 Å². The summed E-state index contributed by atoms with van der Waals surface area (Å²) in [5, 5.41) is 7.07. The van der Waals surface area contributed by atoms with Crippen LogP contribution in [-0.4, -0.2) is 45.8 Å². The number of carbonyl (C=O) groups is 2. The summed E-state index contributed by atoms with van der Waals surface area (Å²) in [7, 11) is 0. The topological polar surface area (TPSA) is 70.5 Å². The first kappa shape index (κ1) is 18.0. The summed E-state index contributed by atoms with van der Waals surface area (Å²) in [6.45, 7) is 5.86. The molecule has 1 aliphatic rings. The Morgan fingerprint density at radius 2 is 2.12 bits per heavy atom. The van der Waals surface area contributed by atoms with Crippen molar-refractivity contribution in [2.45, 2.75) is 39.3 Å². The molecule has 0 radical (unpaired) electrons. The summed E-state index contributed by atoms with van der Waals surface area (Å²) in [5.74, 6) is 0.157. The van der Waals surface area contributed by atoms with E-state index in [1.807, 2.05) is 48.4 Å². The maximum absolute atomic E-state index is 12.5. The number of rotatable bonds is 6. The van der Waals surface area contributed by atoms with Crippen LogP contribution in [0.2, 0.25) is 0 Å². The number of hydrogen-bond donors (Lipinski definition) is 1. The molecule has 0 spiro atoms. The van der Waals surface area contributed by atoms with E-state index in [-0.39, 0.29) is 18.0 Å². The number of amides is 3. The number of likely N-dealkylation sites (N-methyl/N-ethyl adjacent to an activating group) is 1. The molecule has 26 heavy (non-hydrogen) atoms. The van der Waals surface area contributed by atoms with E-state index in [2.05, 4.69) is 17.3 Å². The van der Waals surface area contributed by atoms with E-state index in [9.17, 15) is 9.59 Å². The molecule has 138 valence electrons. The molecular weight excluding hydrogens is 330 g/mol. The average molecular weight is 355 g/mol. The molecule has 0 bridgehead atoms. The van der Waals surface area contributed by atoms with Gasteiger partial charge in [0.15, 0.2) is 0 Å². The summed E-state index contributed by atoms with van der Waals surface area (Å²) < 4.78 is 1.80. The van der Waals surface area contributed by atoms with Gasteiger partial charge in [-0.2, -0.15) is 5.10 Å². The third kappa shape index (κ3) is 4.04. The lowest BCUT2D eigenvalue weighted by Crippen LogP contribution is -2.37. The van der Waals surface area contributed by atoms with E-state index in [0.29, 0.717) is 26.1 Å². The minimum Gasteiger partial charge on any atom is -0.323 e. The van der Waals surface area contributed by atoms with E-state index in [1.165, 1.54) is 0 Å². The summed E-state index contributed by atoms with van der Waals surface area (Å²) in [6.07, 6.45) is 5.09. The second-order valence-corrected chi connectivity index (χ2v) is 6.48. The Morgan fingerprint density at radius 3 is 2.69 bits per heavy atom. The lowest BCUT2D eigenvalue weighted by molar-refractivity contribution is -0.117. The highest BCUT2D eigenvalue weighted by Crippen LogP contribution is 2.27.